The molecule has 0 unspecified atom stereocenters. The lowest BCUT2D eigenvalue weighted by Crippen LogP contribution is -2.63. The lowest BCUT2D eigenvalue weighted by molar-refractivity contribution is -0.142. The van der Waals surface area contributed by atoms with Gasteiger partial charge in [-0.15, -0.1) is 0 Å². The molecule has 4 aromatic rings. The van der Waals surface area contributed by atoms with Crippen molar-refractivity contribution in [2.45, 2.75) is 87.0 Å². The van der Waals surface area contributed by atoms with Crippen LogP contribution in [0.4, 0.5) is 0 Å². The highest BCUT2D eigenvalue weighted by Crippen LogP contribution is 2.16. The van der Waals surface area contributed by atoms with E-state index in [0.29, 0.717) is 22.3 Å². The number of thiol groups is 1. The van der Waals surface area contributed by atoms with Crippen molar-refractivity contribution in [3.63, 3.8) is 0 Å². The fourth-order valence-corrected chi connectivity index (χ4v) is 7.66. The minimum absolute atomic E-state index is 0.0695. The molecule has 77 heavy (non-hydrogen) atoms. The number of aliphatic carboxylic acids is 1. The molecule has 26 heteroatoms. The van der Waals surface area contributed by atoms with Crippen LogP contribution in [0.3, 0.4) is 0 Å². The highest BCUT2D eigenvalue weighted by atomic mass is 32.1. The van der Waals surface area contributed by atoms with Crippen molar-refractivity contribution >= 4 is 65.9 Å². The predicted molar refractivity (Wildman–Crippen MR) is 277 cm³/mol. The molecule has 0 aliphatic rings. The summed E-state index contributed by atoms with van der Waals surface area (Å²) in [5.74, 6) is -10.5. The predicted octanol–water partition coefficient (Wildman–Crippen LogP) is -3.71. The summed E-state index contributed by atoms with van der Waals surface area (Å²) in [4.78, 5) is 121. The minimum Gasteiger partial charge on any atom is -0.508 e. The average Bonchev–Trinajstić information content (AvgIpc) is 3.41. The van der Waals surface area contributed by atoms with Crippen molar-refractivity contribution in [2.24, 2.45) is 5.73 Å². The summed E-state index contributed by atoms with van der Waals surface area (Å²) in [5, 5.41) is 89.3. The fraction of sp³-hybridized carbons (Fsp3) is 0.353. The summed E-state index contributed by atoms with van der Waals surface area (Å²) in [6, 6.07) is 12.1. The van der Waals surface area contributed by atoms with Crippen LogP contribution in [0.5, 0.6) is 17.2 Å². The molecule has 4 rings (SSSR count). The number of carbonyl (C=O) groups is 9. The highest BCUT2D eigenvalue weighted by Gasteiger charge is 2.36. The van der Waals surface area contributed by atoms with Gasteiger partial charge in [-0.25, -0.2) is 4.79 Å². The van der Waals surface area contributed by atoms with Crippen LogP contribution in [0.1, 0.15) is 29.2 Å². The van der Waals surface area contributed by atoms with E-state index in [1.54, 1.807) is 30.3 Å². The molecule has 0 saturated carbocycles. The Bertz CT molecular complexity index is 2650. The number of amides is 8. The molecule has 414 valence electrons. The molecule has 0 aliphatic heterocycles. The number of aliphatic hydroxyl groups excluding tert-OH is 3. The third kappa shape index (κ3) is 19.7. The molecule has 0 saturated heterocycles. The van der Waals surface area contributed by atoms with E-state index in [1.807, 2.05) is 0 Å². The number of hydrogen-bond donors (Lipinski definition) is 17. The van der Waals surface area contributed by atoms with E-state index in [-0.39, 0.29) is 42.9 Å². The average molecular weight is 1090 g/mol. The van der Waals surface area contributed by atoms with Gasteiger partial charge in [0.05, 0.1) is 25.9 Å². The standard InChI is InChI=1S/C51H63N9O16S/c1-27(63)43(60-48(72)40(25-62)57-44(68)35(53-42(67)23-52)19-29-7-13-32(64)14-8-29)50(74)59-41(26-77)49(73)58-39(24-61)47(71)55-36(20-30-9-15-33(65)16-10-30)45(69)54-37(21-31-11-17-34(66)18-12-31)46(70)56-38(51(75)76)22-28-5-3-2-4-6-28/h2-18,27,35-41,43,61-66,77H,19-26,52H2,1H3,(H,53,67)(H,54,69)(H,55,71)(H,56,70)(H,57,68)(H,58,73)(H,59,74)(H,60,72)(H,75,76)/t27-,35+,36+,37+,38+,39+,40+,41+,43+/m1/s1. The van der Waals surface area contributed by atoms with Crippen LogP contribution in [0.15, 0.2) is 103 Å². The molecule has 8 amide bonds. The number of carbonyl (C=O) groups excluding carboxylic acids is 8. The maximum atomic E-state index is 14.3. The summed E-state index contributed by atoms with van der Waals surface area (Å²) in [6.45, 7) is -1.53. The third-order valence-electron chi connectivity index (χ3n) is 11.6. The Morgan fingerprint density at radius 2 is 0.753 bits per heavy atom. The van der Waals surface area contributed by atoms with Crippen molar-refractivity contribution in [3.05, 3.63) is 125 Å². The highest BCUT2D eigenvalue weighted by molar-refractivity contribution is 7.80. The van der Waals surface area contributed by atoms with E-state index in [2.05, 4.69) is 55.2 Å². The zero-order chi connectivity index (χ0) is 56.8. The van der Waals surface area contributed by atoms with Gasteiger partial charge in [0.15, 0.2) is 0 Å². The normalized spacial score (nSPS) is 14.5. The first kappa shape index (κ1) is 61.2. The molecule has 0 radical (unpaired) electrons. The maximum Gasteiger partial charge on any atom is 0.326 e. The first-order valence-electron chi connectivity index (χ1n) is 23.9. The summed E-state index contributed by atoms with van der Waals surface area (Å²) >= 11 is 4.12. The Kier molecular flexibility index (Phi) is 24.1. The van der Waals surface area contributed by atoms with Crippen LogP contribution in [0.2, 0.25) is 0 Å². The fourth-order valence-electron chi connectivity index (χ4n) is 7.40. The molecule has 0 aromatic heterocycles. The van der Waals surface area contributed by atoms with Gasteiger partial charge in [-0.3, -0.25) is 38.4 Å². The van der Waals surface area contributed by atoms with E-state index >= 15 is 0 Å². The Labute approximate surface area is 446 Å². The smallest absolute Gasteiger partial charge is 0.326 e. The zero-order valence-electron chi connectivity index (χ0n) is 41.5. The Hall–Kier alpha value is -8.30. The van der Waals surface area contributed by atoms with Gasteiger partial charge in [-0.05, 0) is 65.6 Å². The van der Waals surface area contributed by atoms with Crippen LogP contribution in [0, 0.1) is 0 Å². The van der Waals surface area contributed by atoms with Gasteiger partial charge in [-0.2, -0.15) is 12.6 Å². The third-order valence-corrected chi connectivity index (χ3v) is 12.0. The molecule has 17 N–H and O–H groups in total. The second-order valence-corrected chi connectivity index (χ2v) is 18.0. The van der Waals surface area contributed by atoms with Crippen LogP contribution in [-0.2, 0) is 68.8 Å². The monoisotopic (exact) mass is 1090 g/mol. The number of rotatable bonds is 29. The molecule has 0 bridgehead atoms. The molecular weight excluding hydrogens is 1030 g/mol. The summed E-state index contributed by atoms with van der Waals surface area (Å²) < 4.78 is 0. The van der Waals surface area contributed by atoms with Gasteiger partial charge in [-0.1, -0.05) is 66.7 Å². The number of nitrogens with one attached hydrogen (secondary N) is 8. The number of carboxylic acid groups (broad SMARTS) is 1. The van der Waals surface area contributed by atoms with Crippen LogP contribution >= 0.6 is 12.6 Å². The van der Waals surface area contributed by atoms with Crippen molar-refractivity contribution < 1.29 is 78.9 Å². The number of carboxylic acids is 1. The van der Waals surface area contributed by atoms with Crippen LogP contribution in [-0.4, -0.2) is 169 Å². The summed E-state index contributed by atoms with van der Waals surface area (Å²) in [5.41, 5.74) is 7.27. The Balaban J connectivity index is 1.49. The van der Waals surface area contributed by atoms with Gasteiger partial charge < -0.3 is 84.0 Å². The van der Waals surface area contributed by atoms with E-state index in [1.165, 1.54) is 72.8 Å². The van der Waals surface area contributed by atoms with Gasteiger partial charge in [0.2, 0.25) is 47.3 Å². The number of hydrogen-bond acceptors (Lipinski definition) is 17. The van der Waals surface area contributed by atoms with Crippen molar-refractivity contribution in [1.82, 2.24) is 42.5 Å². The molecule has 0 heterocycles. The molecule has 0 fully saturated rings. The lowest BCUT2D eigenvalue weighted by atomic mass is 10.0. The number of phenolic OH excluding ortho intramolecular Hbond substituents is 3. The van der Waals surface area contributed by atoms with Crippen LogP contribution < -0.4 is 48.3 Å². The lowest BCUT2D eigenvalue weighted by Gasteiger charge is -2.28. The maximum absolute atomic E-state index is 14.3. The number of aliphatic hydroxyl groups is 3. The van der Waals surface area contributed by atoms with Gasteiger partial charge in [0, 0.05) is 31.4 Å². The second-order valence-electron chi connectivity index (χ2n) is 17.6. The molecular formula is C51H63N9O16S. The zero-order valence-corrected chi connectivity index (χ0v) is 42.4. The largest absolute Gasteiger partial charge is 0.508 e. The second kappa shape index (κ2) is 30.3. The van der Waals surface area contributed by atoms with Crippen LogP contribution in [0.25, 0.3) is 0 Å². The van der Waals surface area contributed by atoms with E-state index < -0.39 is 133 Å². The molecule has 4 aromatic carbocycles. The topological polar surface area (TPSA) is 417 Å². The van der Waals surface area contributed by atoms with Crippen molar-refractivity contribution in [2.75, 3.05) is 25.5 Å². The van der Waals surface area contributed by atoms with Gasteiger partial charge in [0.25, 0.3) is 0 Å². The van der Waals surface area contributed by atoms with E-state index in [4.69, 9.17) is 5.73 Å². The molecule has 25 nitrogen and oxygen atoms in total. The SMILES string of the molecule is C[C@@H](O)[C@H](NC(=O)[C@H](CO)NC(=O)[C@H](Cc1ccc(O)cc1)NC(=O)CN)C(=O)N[C@@H](CS)C(=O)N[C@@H](CO)C(=O)N[C@@H](Cc1ccc(O)cc1)C(=O)N[C@@H](Cc1ccc(O)cc1)C(=O)N[C@@H](Cc1ccccc1)C(=O)O. The number of benzene rings is 4. The molecule has 9 atom stereocenters. The van der Waals surface area contributed by atoms with E-state index in [9.17, 15) is 78.9 Å². The first-order valence-corrected chi connectivity index (χ1v) is 24.5. The quantitative estimate of drug-likeness (QED) is 0.0233. The summed E-state index contributed by atoms with van der Waals surface area (Å²) in [7, 11) is 0. The Morgan fingerprint density at radius 1 is 0.442 bits per heavy atom. The van der Waals surface area contributed by atoms with Crippen molar-refractivity contribution in [3.8, 4) is 17.2 Å². The summed E-state index contributed by atoms with van der Waals surface area (Å²) in [6.07, 6.45) is -2.49. The Morgan fingerprint density at radius 3 is 1.12 bits per heavy atom. The minimum atomic E-state index is -1.86. The van der Waals surface area contributed by atoms with Gasteiger partial charge in [0.1, 0.15) is 65.6 Å². The van der Waals surface area contributed by atoms with E-state index in [0.717, 1.165) is 6.92 Å². The number of nitrogens with two attached hydrogens (primary N) is 1. The number of phenols is 3. The van der Waals surface area contributed by atoms with Crippen molar-refractivity contribution in [1.29, 1.82) is 0 Å². The first-order chi connectivity index (χ1) is 36.6. The molecule has 0 spiro atoms. The number of aromatic hydroxyl groups is 3. The molecule has 0 aliphatic carbocycles. The van der Waals surface area contributed by atoms with Gasteiger partial charge >= 0.3 is 5.97 Å².